The van der Waals surface area contributed by atoms with E-state index in [1.807, 2.05) is 55.5 Å². The second-order valence-electron chi connectivity index (χ2n) is 8.67. The average molecular weight is 510 g/mol. The van der Waals surface area contributed by atoms with Crippen molar-refractivity contribution in [2.75, 3.05) is 12.4 Å². The Balaban J connectivity index is 1.40. The van der Waals surface area contributed by atoms with Crippen LogP contribution in [0.5, 0.6) is 5.75 Å². The summed E-state index contributed by atoms with van der Waals surface area (Å²) < 4.78 is 6.88. The van der Waals surface area contributed by atoms with Gasteiger partial charge in [0, 0.05) is 16.3 Å². The van der Waals surface area contributed by atoms with E-state index in [1.54, 1.807) is 54.1 Å². The standard InChI is InChI=1S/C30H24ClN3O3/c1-19-32-28-16-13-25(33-29(35)23-7-11-24(31)12-8-23)17-27(28)30(36)34(19)18-20-3-5-21(6-4-20)22-9-14-26(37-2)15-10-22/h3-17H,18H2,1-2H3,(H,33,35). The second kappa shape index (κ2) is 10.3. The number of rotatable bonds is 6. The summed E-state index contributed by atoms with van der Waals surface area (Å²) in [4.78, 5) is 30.7. The van der Waals surface area contributed by atoms with Gasteiger partial charge in [-0.05, 0) is 78.2 Å². The summed E-state index contributed by atoms with van der Waals surface area (Å²) in [7, 11) is 1.65. The van der Waals surface area contributed by atoms with Gasteiger partial charge in [-0.15, -0.1) is 0 Å². The van der Waals surface area contributed by atoms with Crippen molar-refractivity contribution in [3.05, 3.63) is 123 Å². The normalized spacial score (nSPS) is 10.9. The van der Waals surface area contributed by atoms with Crippen molar-refractivity contribution >= 4 is 34.1 Å². The Morgan fingerprint density at radius 2 is 1.57 bits per heavy atom. The summed E-state index contributed by atoms with van der Waals surface area (Å²) in [6, 6.07) is 27.8. The highest BCUT2D eigenvalue weighted by Crippen LogP contribution is 2.23. The summed E-state index contributed by atoms with van der Waals surface area (Å²) in [5, 5.41) is 3.84. The lowest BCUT2D eigenvalue weighted by atomic mass is 10.0. The number of aromatic nitrogens is 2. The molecule has 1 amide bonds. The summed E-state index contributed by atoms with van der Waals surface area (Å²) in [6.45, 7) is 2.21. The lowest BCUT2D eigenvalue weighted by molar-refractivity contribution is 0.102. The van der Waals surface area contributed by atoms with Crippen LogP contribution in [0.15, 0.2) is 95.8 Å². The first-order chi connectivity index (χ1) is 17.9. The van der Waals surface area contributed by atoms with Crippen LogP contribution < -0.4 is 15.6 Å². The van der Waals surface area contributed by atoms with Crippen LogP contribution >= 0.6 is 11.6 Å². The molecular weight excluding hydrogens is 486 g/mol. The minimum absolute atomic E-state index is 0.163. The van der Waals surface area contributed by atoms with Gasteiger partial charge in [-0.2, -0.15) is 0 Å². The molecule has 7 heteroatoms. The molecule has 1 aromatic heterocycles. The number of halogens is 1. The number of hydrogen-bond acceptors (Lipinski definition) is 4. The summed E-state index contributed by atoms with van der Waals surface area (Å²) in [5.74, 6) is 1.15. The number of benzene rings is 4. The van der Waals surface area contributed by atoms with E-state index in [4.69, 9.17) is 16.3 Å². The molecule has 0 radical (unpaired) electrons. The van der Waals surface area contributed by atoms with Gasteiger partial charge in [-0.3, -0.25) is 14.2 Å². The molecule has 1 N–H and O–H groups in total. The first-order valence-corrected chi connectivity index (χ1v) is 12.1. The van der Waals surface area contributed by atoms with Crippen LogP contribution in [0.25, 0.3) is 22.0 Å². The first kappa shape index (κ1) is 24.3. The molecule has 184 valence electrons. The lowest BCUT2D eigenvalue weighted by Gasteiger charge is -2.13. The summed E-state index contributed by atoms with van der Waals surface area (Å²) in [6.07, 6.45) is 0. The third-order valence-electron chi connectivity index (χ3n) is 6.23. The van der Waals surface area contributed by atoms with Crippen molar-refractivity contribution in [1.82, 2.24) is 9.55 Å². The molecule has 0 spiro atoms. The van der Waals surface area contributed by atoms with E-state index in [2.05, 4.69) is 10.3 Å². The number of methoxy groups -OCH3 is 1. The Kier molecular flexibility index (Phi) is 6.75. The maximum absolute atomic E-state index is 13.4. The Morgan fingerprint density at radius 3 is 2.22 bits per heavy atom. The molecule has 0 aliphatic rings. The molecule has 0 fully saturated rings. The van der Waals surface area contributed by atoms with Crippen molar-refractivity contribution in [1.29, 1.82) is 0 Å². The van der Waals surface area contributed by atoms with Crippen LogP contribution in [-0.2, 0) is 6.54 Å². The molecule has 0 saturated heterocycles. The monoisotopic (exact) mass is 509 g/mol. The van der Waals surface area contributed by atoms with Crippen molar-refractivity contribution in [3.63, 3.8) is 0 Å². The predicted molar refractivity (Wildman–Crippen MR) is 148 cm³/mol. The van der Waals surface area contributed by atoms with Crippen LogP contribution in [0.4, 0.5) is 5.69 Å². The van der Waals surface area contributed by atoms with Gasteiger partial charge in [0.15, 0.2) is 0 Å². The third-order valence-corrected chi connectivity index (χ3v) is 6.48. The van der Waals surface area contributed by atoms with E-state index in [9.17, 15) is 9.59 Å². The fourth-order valence-corrected chi connectivity index (χ4v) is 4.29. The Labute approximate surface area is 219 Å². The molecule has 0 aliphatic carbocycles. The molecule has 37 heavy (non-hydrogen) atoms. The van der Waals surface area contributed by atoms with E-state index in [0.29, 0.717) is 39.5 Å². The van der Waals surface area contributed by atoms with Gasteiger partial charge in [0.1, 0.15) is 11.6 Å². The number of anilines is 1. The second-order valence-corrected chi connectivity index (χ2v) is 9.11. The van der Waals surface area contributed by atoms with E-state index < -0.39 is 0 Å². The van der Waals surface area contributed by atoms with Gasteiger partial charge in [0.2, 0.25) is 0 Å². The van der Waals surface area contributed by atoms with Gasteiger partial charge in [-0.1, -0.05) is 48.0 Å². The van der Waals surface area contributed by atoms with E-state index in [-0.39, 0.29) is 11.5 Å². The molecule has 5 rings (SSSR count). The number of aryl methyl sites for hydroxylation is 1. The Bertz CT molecular complexity index is 1640. The highest BCUT2D eigenvalue weighted by molar-refractivity contribution is 6.30. The van der Waals surface area contributed by atoms with Crippen LogP contribution in [0, 0.1) is 6.92 Å². The number of ether oxygens (including phenoxy) is 1. The Morgan fingerprint density at radius 1 is 0.919 bits per heavy atom. The van der Waals surface area contributed by atoms with Crippen molar-refractivity contribution in [2.24, 2.45) is 0 Å². The number of nitrogens with one attached hydrogen (secondary N) is 1. The molecule has 0 saturated carbocycles. The minimum atomic E-state index is -0.284. The quantitative estimate of drug-likeness (QED) is 0.290. The zero-order chi connectivity index (χ0) is 25.9. The summed E-state index contributed by atoms with van der Waals surface area (Å²) in [5.41, 5.74) is 4.56. The largest absolute Gasteiger partial charge is 0.497 e. The number of hydrogen-bond donors (Lipinski definition) is 1. The van der Waals surface area contributed by atoms with Gasteiger partial charge in [0.25, 0.3) is 11.5 Å². The number of nitrogens with zero attached hydrogens (tertiary/aromatic N) is 2. The fraction of sp³-hybridized carbons (Fsp3) is 0.100. The van der Waals surface area contributed by atoms with Gasteiger partial charge in [0.05, 0.1) is 24.6 Å². The highest BCUT2D eigenvalue weighted by Gasteiger charge is 2.12. The number of amides is 1. The zero-order valence-corrected chi connectivity index (χ0v) is 21.1. The number of carbonyl (C=O) groups is 1. The minimum Gasteiger partial charge on any atom is -0.497 e. The van der Waals surface area contributed by atoms with E-state index in [1.165, 1.54) is 0 Å². The molecule has 0 atom stereocenters. The zero-order valence-electron chi connectivity index (χ0n) is 20.4. The van der Waals surface area contributed by atoms with Crippen molar-refractivity contribution in [3.8, 4) is 16.9 Å². The fourth-order valence-electron chi connectivity index (χ4n) is 4.17. The third kappa shape index (κ3) is 5.25. The maximum Gasteiger partial charge on any atom is 0.261 e. The van der Waals surface area contributed by atoms with Crippen LogP contribution in [0.1, 0.15) is 21.7 Å². The molecule has 1 heterocycles. The molecule has 5 aromatic rings. The van der Waals surface area contributed by atoms with Gasteiger partial charge >= 0.3 is 0 Å². The molecule has 6 nitrogen and oxygen atoms in total. The number of fused-ring (bicyclic) bond motifs is 1. The van der Waals surface area contributed by atoms with Gasteiger partial charge < -0.3 is 10.1 Å². The summed E-state index contributed by atoms with van der Waals surface area (Å²) >= 11 is 5.91. The van der Waals surface area contributed by atoms with Crippen molar-refractivity contribution < 1.29 is 9.53 Å². The first-order valence-electron chi connectivity index (χ1n) is 11.7. The molecule has 4 aromatic carbocycles. The van der Waals surface area contributed by atoms with Crippen LogP contribution in [0.3, 0.4) is 0 Å². The molecular formula is C30H24ClN3O3. The number of carbonyl (C=O) groups excluding carboxylic acids is 1. The topological polar surface area (TPSA) is 73.2 Å². The van der Waals surface area contributed by atoms with Gasteiger partial charge in [-0.25, -0.2) is 4.98 Å². The molecule has 0 aliphatic heterocycles. The smallest absolute Gasteiger partial charge is 0.261 e. The van der Waals surface area contributed by atoms with E-state index >= 15 is 0 Å². The van der Waals surface area contributed by atoms with Crippen molar-refractivity contribution in [2.45, 2.75) is 13.5 Å². The lowest BCUT2D eigenvalue weighted by Crippen LogP contribution is -2.24. The average Bonchev–Trinajstić information content (AvgIpc) is 2.92. The van der Waals surface area contributed by atoms with Crippen LogP contribution in [0.2, 0.25) is 5.02 Å². The van der Waals surface area contributed by atoms with E-state index in [0.717, 1.165) is 22.4 Å². The molecule has 0 bridgehead atoms. The highest BCUT2D eigenvalue weighted by atomic mass is 35.5. The maximum atomic E-state index is 13.4. The predicted octanol–water partition coefficient (Wildman–Crippen LogP) is 6.33. The molecule has 0 unspecified atom stereocenters. The SMILES string of the molecule is COc1ccc(-c2ccc(Cn3c(C)nc4ccc(NC(=O)c5ccc(Cl)cc5)cc4c3=O)cc2)cc1. The Hall–Kier alpha value is -4.42. The van der Waals surface area contributed by atoms with Crippen LogP contribution in [-0.4, -0.2) is 22.6 Å².